The number of rotatable bonds is 5. The zero-order valence-electron chi connectivity index (χ0n) is 10.7. The van der Waals surface area contributed by atoms with Crippen LogP contribution in [0.5, 0.6) is 0 Å². The van der Waals surface area contributed by atoms with Gasteiger partial charge in [0.1, 0.15) is 0 Å². The van der Waals surface area contributed by atoms with E-state index in [0.717, 1.165) is 6.42 Å². The van der Waals surface area contributed by atoms with Crippen LogP contribution in [-0.2, 0) is 16.0 Å². The Labute approximate surface area is 112 Å². The molecular formula is C14H18N2O3. The van der Waals surface area contributed by atoms with E-state index in [2.05, 4.69) is 5.32 Å². The summed E-state index contributed by atoms with van der Waals surface area (Å²) in [6.07, 6.45) is 0.685. The Kier molecular flexibility index (Phi) is 4.52. The smallest absolute Gasteiger partial charge is 0.305 e. The number of nitrogens with one attached hydrogen (secondary N) is 1. The third-order valence-electron chi connectivity index (χ3n) is 3.34. The van der Waals surface area contributed by atoms with Gasteiger partial charge >= 0.3 is 5.97 Å². The lowest BCUT2D eigenvalue weighted by atomic mass is 10.1. The van der Waals surface area contributed by atoms with E-state index in [1.807, 2.05) is 35.2 Å². The summed E-state index contributed by atoms with van der Waals surface area (Å²) in [5, 5.41) is 11.6. The molecule has 1 aliphatic heterocycles. The third kappa shape index (κ3) is 3.79. The van der Waals surface area contributed by atoms with Crippen LogP contribution in [0.25, 0.3) is 0 Å². The summed E-state index contributed by atoms with van der Waals surface area (Å²) in [5.74, 6) is -1.12. The highest BCUT2D eigenvalue weighted by Gasteiger charge is 2.30. The first-order valence-electron chi connectivity index (χ1n) is 6.44. The van der Waals surface area contributed by atoms with E-state index in [9.17, 15) is 9.59 Å². The van der Waals surface area contributed by atoms with Crippen LogP contribution in [0.3, 0.4) is 0 Å². The first kappa shape index (κ1) is 13.5. The Morgan fingerprint density at radius 2 is 2.11 bits per heavy atom. The van der Waals surface area contributed by atoms with E-state index < -0.39 is 12.0 Å². The highest BCUT2D eigenvalue weighted by Crippen LogP contribution is 2.10. The molecule has 5 nitrogen and oxygen atoms in total. The molecular weight excluding hydrogens is 244 g/mol. The molecule has 0 saturated carbocycles. The van der Waals surface area contributed by atoms with E-state index in [4.69, 9.17) is 5.11 Å². The molecule has 0 bridgehead atoms. The number of carboxylic acid groups (broad SMARTS) is 1. The molecule has 0 aliphatic carbocycles. The number of amides is 1. The van der Waals surface area contributed by atoms with Crippen molar-refractivity contribution in [1.82, 2.24) is 10.2 Å². The van der Waals surface area contributed by atoms with Gasteiger partial charge in [-0.05, 0) is 12.0 Å². The summed E-state index contributed by atoms with van der Waals surface area (Å²) in [4.78, 5) is 24.5. The van der Waals surface area contributed by atoms with Gasteiger partial charge in [-0.15, -0.1) is 0 Å². The van der Waals surface area contributed by atoms with E-state index in [1.54, 1.807) is 0 Å². The highest BCUT2D eigenvalue weighted by molar-refractivity contribution is 5.86. The minimum Gasteiger partial charge on any atom is -0.481 e. The number of hydrogen-bond acceptors (Lipinski definition) is 3. The van der Waals surface area contributed by atoms with Gasteiger partial charge in [0.25, 0.3) is 0 Å². The Hall–Kier alpha value is -1.88. The second kappa shape index (κ2) is 6.33. The number of hydrogen-bond donors (Lipinski definition) is 2. The summed E-state index contributed by atoms with van der Waals surface area (Å²) in [5.41, 5.74) is 1.20. The van der Waals surface area contributed by atoms with Crippen LogP contribution in [-0.4, -0.2) is 47.6 Å². The first-order valence-corrected chi connectivity index (χ1v) is 6.44. The van der Waals surface area contributed by atoms with Gasteiger partial charge in [0, 0.05) is 19.6 Å². The molecule has 1 fully saturated rings. The third-order valence-corrected chi connectivity index (χ3v) is 3.34. The Morgan fingerprint density at radius 3 is 2.79 bits per heavy atom. The van der Waals surface area contributed by atoms with Crippen molar-refractivity contribution in [2.75, 3.05) is 19.6 Å². The van der Waals surface area contributed by atoms with Gasteiger partial charge in [-0.1, -0.05) is 30.3 Å². The lowest BCUT2D eigenvalue weighted by Gasteiger charge is -2.34. The average Bonchev–Trinajstić information content (AvgIpc) is 2.40. The monoisotopic (exact) mass is 262 g/mol. The maximum atomic E-state index is 11.7. The van der Waals surface area contributed by atoms with Crippen molar-refractivity contribution < 1.29 is 14.7 Å². The maximum Gasteiger partial charge on any atom is 0.305 e. The molecule has 1 heterocycles. The average molecular weight is 262 g/mol. The summed E-state index contributed by atoms with van der Waals surface area (Å²) >= 11 is 0. The van der Waals surface area contributed by atoms with Gasteiger partial charge in [0.05, 0.1) is 12.5 Å². The fourth-order valence-corrected chi connectivity index (χ4v) is 2.33. The van der Waals surface area contributed by atoms with Gasteiger partial charge in [-0.2, -0.15) is 0 Å². The molecule has 1 saturated heterocycles. The van der Waals surface area contributed by atoms with Crippen LogP contribution in [0.15, 0.2) is 30.3 Å². The zero-order valence-corrected chi connectivity index (χ0v) is 10.7. The molecule has 1 amide bonds. The minimum absolute atomic E-state index is 0.138. The lowest BCUT2D eigenvalue weighted by Crippen LogP contribution is -2.56. The predicted molar refractivity (Wildman–Crippen MR) is 70.8 cm³/mol. The number of carbonyl (C=O) groups is 2. The summed E-state index contributed by atoms with van der Waals surface area (Å²) < 4.78 is 0. The van der Waals surface area contributed by atoms with E-state index in [1.165, 1.54) is 5.56 Å². The van der Waals surface area contributed by atoms with Crippen LogP contribution in [0.2, 0.25) is 0 Å². The summed E-state index contributed by atoms with van der Waals surface area (Å²) in [7, 11) is 0. The number of carbonyl (C=O) groups excluding carboxylic acids is 1. The molecule has 1 aromatic carbocycles. The summed E-state index contributed by atoms with van der Waals surface area (Å²) in [6, 6.07) is 9.45. The molecule has 0 unspecified atom stereocenters. The van der Waals surface area contributed by atoms with E-state index in [-0.39, 0.29) is 12.3 Å². The van der Waals surface area contributed by atoms with Crippen LogP contribution in [0.4, 0.5) is 0 Å². The van der Waals surface area contributed by atoms with E-state index in [0.29, 0.717) is 19.6 Å². The molecule has 2 rings (SSSR count). The molecule has 1 aromatic rings. The number of nitrogens with zero attached hydrogens (tertiary/aromatic N) is 1. The van der Waals surface area contributed by atoms with Gasteiger partial charge in [0.2, 0.25) is 5.91 Å². The van der Waals surface area contributed by atoms with Gasteiger partial charge < -0.3 is 10.4 Å². The van der Waals surface area contributed by atoms with Crippen molar-refractivity contribution in [3.63, 3.8) is 0 Å². The van der Waals surface area contributed by atoms with Crippen molar-refractivity contribution in [2.24, 2.45) is 0 Å². The molecule has 0 spiro atoms. The van der Waals surface area contributed by atoms with Crippen LogP contribution in [0.1, 0.15) is 12.0 Å². The molecule has 1 aliphatic rings. The molecule has 5 heteroatoms. The zero-order chi connectivity index (χ0) is 13.7. The molecule has 0 aromatic heterocycles. The fourth-order valence-electron chi connectivity index (χ4n) is 2.33. The predicted octanol–water partition coefficient (Wildman–Crippen LogP) is 0.504. The van der Waals surface area contributed by atoms with Crippen molar-refractivity contribution in [3.8, 4) is 0 Å². The molecule has 0 radical (unpaired) electrons. The Bertz CT molecular complexity index is 447. The Morgan fingerprint density at radius 1 is 1.37 bits per heavy atom. The maximum absolute atomic E-state index is 11.7. The number of benzene rings is 1. The topological polar surface area (TPSA) is 69.6 Å². The van der Waals surface area contributed by atoms with Crippen molar-refractivity contribution in [2.45, 2.75) is 18.9 Å². The van der Waals surface area contributed by atoms with Crippen molar-refractivity contribution >= 4 is 11.9 Å². The Balaban J connectivity index is 1.96. The normalized spacial score (nSPS) is 20.0. The molecule has 19 heavy (non-hydrogen) atoms. The van der Waals surface area contributed by atoms with Gasteiger partial charge in [-0.3, -0.25) is 14.5 Å². The summed E-state index contributed by atoms with van der Waals surface area (Å²) in [6.45, 7) is 2.00. The van der Waals surface area contributed by atoms with Crippen LogP contribution < -0.4 is 5.32 Å². The largest absolute Gasteiger partial charge is 0.481 e. The quantitative estimate of drug-likeness (QED) is 0.811. The van der Waals surface area contributed by atoms with Crippen molar-refractivity contribution in [1.29, 1.82) is 0 Å². The lowest BCUT2D eigenvalue weighted by molar-refractivity contribution is -0.143. The minimum atomic E-state index is -0.938. The number of piperazine rings is 1. The van der Waals surface area contributed by atoms with Gasteiger partial charge in [0.15, 0.2) is 0 Å². The first-order chi connectivity index (χ1) is 9.16. The van der Waals surface area contributed by atoms with Crippen LogP contribution >= 0.6 is 0 Å². The molecule has 1 atom stereocenters. The highest BCUT2D eigenvalue weighted by atomic mass is 16.4. The number of aliphatic carboxylic acids is 1. The molecule has 2 N–H and O–H groups in total. The SMILES string of the molecule is O=C(O)C[C@H]1C(=O)NCCN1CCc1ccccc1. The fraction of sp³-hybridized carbons (Fsp3) is 0.429. The number of carboxylic acids is 1. The van der Waals surface area contributed by atoms with Gasteiger partial charge in [-0.25, -0.2) is 0 Å². The standard InChI is InChI=1S/C14H18N2O3/c17-13(18)10-12-14(19)15-7-9-16(12)8-6-11-4-2-1-3-5-11/h1-5,12H,6-10H2,(H,15,19)(H,17,18)/t12-/m0/s1. The van der Waals surface area contributed by atoms with E-state index >= 15 is 0 Å². The van der Waals surface area contributed by atoms with Crippen LogP contribution in [0, 0.1) is 0 Å². The second-order valence-corrected chi connectivity index (χ2v) is 4.68. The molecule has 102 valence electrons. The van der Waals surface area contributed by atoms with Crippen molar-refractivity contribution in [3.05, 3.63) is 35.9 Å². The second-order valence-electron chi connectivity index (χ2n) is 4.68.